The van der Waals surface area contributed by atoms with Crippen molar-refractivity contribution in [3.05, 3.63) is 24.3 Å². The van der Waals surface area contributed by atoms with Crippen molar-refractivity contribution in [2.75, 3.05) is 24.7 Å². The molecule has 6 heteroatoms. The Bertz CT molecular complexity index is 594. The van der Waals surface area contributed by atoms with Crippen LogP contribution in [0.2, 0.25) is 0 Å². The van der Waals surface area contributed by atoms with E-state index in [1.807, 2.05) is 12.1 Å². The molecule has 5 nitrogen and oxygen atoms in total. The molecule has 0 radical (unpaired) electrons. The maximum atomic E-state index is 12.2. The van der Waals surface area contributed by atoms with E-state index in [1.165, 1.54) is 25.7 Å². The maximum Gasteiger partial charge on any atom is 0.319 e. The molecule has 1 saturated carbocycles. The Balaban J connectivity index is 1.45. The SMILES string of the molecule is CS(=O)c1cccc(NC(=O)NC2CCN(C3CCCC3)CC2)c1. The molecule has 1 heterocycles. The second kappa shape index (κ2) is 8.12. The molecule has 2 aliphatic rings. The normalized spacial score (nSPS) is 21.5. The van der Waals surface area contributed by atoms with Crippen molar-refractivity contribution >= 4 is 22.5 Å². The molecule has 0 spiro atoms. The lowest BCUT2D eigenvalue weighted by Crippen LogP contribution is -2.48. The monoisotopic (exact) mass is 349 g/mol. The molecular weight excluding hydrogens is 322 g/mol. The number of rotatable bonds is 4. The Morgan fingerprint density at radius 3 is 2.54 bits per heavy atom. The molecule has 2 N–H and O–H groups in total. The van der Waals surface area contributed by atoms with Gasteiger partial charge in [-0.15, -0.1) is 0 Å². The lowest BCUT2D eigenvalue weighted by atomic mass is 10.0. The molecule has 3 rings (SSSR count). The number of amides is 2. The van der Waals surface area contributed by atoms with Gasteiger partial charge in [0.1, 0.15) is 0 Å². The summed E-state index contributed by atoms with van der Waals surface area (Å²) in [6.45, 7) is 2.17. The largest absolute Gasteiger partial charge is 0.335 e. The number of benzene rings is 1. The molecule has 0 aromatic heterocycles. The summed E-state index contributed by atoms with van der Waals surface area (Å²) in [5.74, 6) is 0. The zero-order valence-corrected chi connectivity index (χ0v) is 15.1. The van der Waals surface area contributed by atoms with Crippen molar-refractivity contribution in [2.45, 2.75) is 55.5 Å². The van der Waals surface area contributed by atoms with Crippen LogP contribution in [0.5, 0.6) is 0 Å². The van der Waals surface area contributed by atoms with Gasteiger partial charge in [0.15, 0.2) is 0 Å². The summed E-state index contributed by atoms with van der Waals surface area (Å²) in [5.41, 5.74) is 0.684. The minimum absolute atomic E-state index is 0.173. The highest BCUT2D eigenvalue weighted by Gasteiger charge is 2.27. The van der Waals surface area contributed by atoms with Crippen LogP contribution in [-0.4, -0.2) is 46.6 Å². The number of nitrogens with zero attached hydrogens (tertiary/aromatic N) is 1. The molecular formula is C18H27N3O2S. The first-order valence-electron chi connectivity index (χ1n) is 8.87. The van der Waals surface area contributed by atoms with E-state index >= 15 is 0 Å². The van der Waals surface area contributed by atoms with Crippen LogP contribution in [0.25, 0.3) is 0 Å². The molecule has 1 unspecified atom stereocenters. The van der Waals surface area contributed by atoms with Gasteiger partial charge in [-0.2, -0.15) is 0 Å². The Morgan fingerprint density at radius 2 is 1.88 bits per heavy atom. The molecule has 0 bridgehead atoms. The van der Waals surface area contributed by atoms with Gasteiger partial charge in [-0.25, -0.2) is 4.79 Å². The molecule has 2 amide bonds. The molecule has 132 valence electrons. The van der Waals surface area contributed by atoms with Crippen LogP contribution >= 0.6 is 0 Å². The average molecular weight is 350 g/mol. The van der Waals surface area contributed by atoms with Gasteiger partial charge in [0, 0.05) is 52.8 Å². The first-order valence-corrected chi connectivity index (χ1v) is 10.4. The first-order chi connectivity index (χ1) is 11.6. The number of hydrogen-bond donors (Lipinski definition) is 2. The average Bonchev–Trinajstić information content (AvgIpc) is 3.10. The van der Waals surface area contributed by atoms with Crippen LogP contribution < -0.4 is 10.6 Å². The second-order valence-corrected chi connectivity index (χ2v) is 8.21. The lowest BCUT2D eigenvalue weighted by Gasteiger charge is -2.36. The van der Waals surface area contributed by atoms with Crippen molar-refractivity contribution in [2.24, 2.45) is 0 Å². The third-order valence-corrected chi connectivity index (χ3v) is 6.05. The van der Waals surface area contributed by atoms with Gasteiger partial charge in [0.05, 0.1) is 0 Å². The standard InChI is InChI=1S/C18H27N3O2S/c1-24(23)17-8-4-5-15(13-17)20-18(22)19-14-9-11-21(12-10-14)16-6-2-3-7-16/h4-5,8,13-14,16H,2-3,6-7,9-12H2,1H3,(H2,19,20,22). The number of urea groups is 1. The van der Waals surface area contributed by atoms with Crippen LogP contribution in [-0.2, 0) is 10.8 Å². The van der Waals surface area contributed by atoms with Gasteiger partial charge in [0.25, 0.3) is 0 Å². The van der Waals surface area contributed by atoms with Crippen LogP contribution in [0.3, 0.4) is 0 Å². The Hall–Kier alpha value is -1.40. The minimum atomic E-state index is -1.04. The summed E-state index contributed by atoms with van der Waals surface area (Å²) in [4.78, 5) is 15.5. The first kappa shape index (κ1) is 17.4. The van der Waals surface area contributed by atoms with E-state index in [9.17, 15) is 9.00 Å². The van der Waals surface area contributed by atoms with Crippen molar-refractivity contribution in [1.82, 2.24) is 10.2 Å². The predicted octanol–water partition coefficient (Wildman–Crippen LogP) is 2.95. The van der Waals surface area contributed by atoms with E-state index in [4.69, 9.17) is 0 Å². The van der Waals surface area contributed by atoms with E-state index < -0.39 is 10.8 Å². The molecule has 1 saturated heterocycles. The number of carbonyl (C=O) groups is 1. The molecule has 1 aromatic carbocycles. The maximum absolute atomic E-state index is 12.2. The number of anilines is 1. The fraction of sp³-hybridized carbons (Fsp3) is 0.611. The number of hydrogen-bond acceptors (Lipinski definition) is 3. The minimum Gasteiger partial charge on any atom is -0.335 e. The smallest absolute Gasteiger partial charge is 0.319 e. The summed E-state index contributed by atoms with van der Waals surface area (Å²) in [5, 5.41) is 5.93. The Labute approximate surface area is 146 Å². The molecule has 1 aliphatic carbocycles. The third-order valence-electron chi connectivity index (χ3n) is 5.13. The summed E-state index contributed by atoms with van der Waals surface area (Å²) in [6.07, 6.45) is 9.09. The van der Waals surface area contributed by atoms with Gasteiger partial charge in [-0.1, -0.05) is 18.9 Å². The fourth-order valence-corrected chi connectivity index (χ4v) is 4.35. The summed E-state index contributed by atoms with van der Waals surface area (Å²) < 4.78 is 11.5. The zero-order chi connectivity index (χ0) is 16.9. The van der Waals surface area contributed by atoms with Gasteiger partial charge in [0.2, 0.25) is 0 Å². The number of nitrogens with one attached hydrogen (secondary N) is 2. The van der Waals surface area contributed by atoms with E-state index in [0.29, 0.717) is 5.69 Å². The zero-order valence-electron chi connectivity index (χ0n) is 14.3. The Morgan fingerprint density at radius 1 is 1.17 bits per heavy atom. The number of likely N-dealkylation sites (tertiary alicyclic amines) is 1. The highest BCUT2D eigenvalue weighted by atomic mass is 32.2. The number of piperidine rings is 1. The molecule has 2 fully saturated rings. The van der Waals surface area contributed by atoms with E-state index in [-0.39, 0.29) is 12.1 Å². The van der Waals surface area contributed by atoms with Gasteiger partial charge >= 0.3 is 6.03 Å². The third kappa shape index (κ3) is 4.57. The van der Waals surface area contributed by atoms with E-state index in [1.54, 1.807) is 18.4 Å². The van der Waals surface area contributed by atoms with Gasteiger partial charge in [-0.05, 0) is 43.9 Å². The van der Waals surface area contributed by atoms with Crippen LogP contribution in [0.1, 0.15) is 38.5 Å². The molecule has 1 atom stereocenters. The highest BCUT2D eigenvalue weighted by Crippen LogP contribution is 2.26. The van der Waals surface area contributed by atoms with Crippen molar-refractivity contribution in [3.63, 3.8) is 0 Å². The summed E-state index contributed by atoms with van der Waals surface area (Å²) in [6, 6.07) is 8.04. The molecule has 1 aromatic rings. The summed E-state index contributed by atoms with van der Waals surface area (Å²) in [7, 11) is -1.04. The lowest BCUT2D eigenvalue weighted by molar-refractivity contribution is 0.147. The van der Waals surface area contributed by atoms with Gasteiger partial charge in [-0.3, -0.25) is 4.21 Å². The van der Waals surface area contributed by atoms with Crippen LogP contribution in [0.15, 0.2) is 29.2 Å². The number of carbonyl (C=O) groups excluding carboxylic acids is 1. The molecule has 24 heavy (non-hydrogen) atoms. The van der Waals surface area contributed by atoms with Crippen molar-refractivity contribution in [1.29, 1.82) is 0 Å². The van der Waals surface area contributed by atoms with E-state index in [0.717, 1.165) is 36.9 Å². The topological polar surface area (TPSA) is 61.4 Å². The van der Waals surface area contributed by atoms with Crippen molar-refractivity contribution < 1.29 is 9.00 Å². The fourth-order valence-electron chi connectivity index (χ4n) is 3.78. The molecule has 1 aliphatic heterocycles. The summed E-state index contributed by atoms with van der Waals surface area (Å²) >= 11 is 0. The Kier molecular flexibility index (Phi) is 5.89. The predicted molar refractivity (Wildman–Crippen MR) is 97.8 cm³/mol. The van der Waals surface area contributed by atoms with Crippen molar-refractivity contribution in [3.8, 4) is 0 Å². The quantitative estimate of drug-likeness (QED) is 0.878. The second-order valence-electron chi connectivity index (χ2n) is 6.83. The van der Waals surface area contributed by atoms with Crippen LogP contribution in [0.4, 0.5) is 10.5 Å². The van der Waals surface area contributed by atoms with Crippen LogP contribution in [0, 0.1) is 0 Å². The highest BCUT2D eigenvalue weighted by molar-refractivity contribution is 7.84. The van der Waals surface area contributed by atoms with E-state index in [2.05, 4.69) is 15.5 Å². The van der Waals surface area contributed by atoms with Gasteiger partial charge < -0.3 is 15.5 Å².